The molecule has 24 heavy (non-hydrogen) atoms. The Morgan fingerprint density at radius 1 is 1.42 bits per heavy atom. The molecule has 1 aliphatic heterocycles. The quantitative estimate of drug-likeness (QED) is 0.715. The Morgan fingerprint density at radius 2 is 2.12 bits per heavy atom. The van der Waals surface area contributed by atoms with Gasteiger partial charge in [-0.05, 0) is 30.3 Å². The van der Waals surface area contributed by atoms with Crippen molar-refractivity contribution in [1.29, 1.82) is 0 Å². The average molecular weight is 398 g/mol. The highest BCUT2D eigenvalue weighted by Crippen LogP contribution is 2.27. The monoisotopic (exact) mass is 397 g/mol. The summed E-state index contributed by atoms with van der Waals surface area (Å²) in [5.74, 6) is -0.423. The minimum atomic E-state index is -4.23. The number of amides is 1. The summed E-state index contributed by atoms with van der Waals surface area (Å²) in [6.07, 6.45) is -2.01. The van der Waals surface area contributed by atoms with Crippen LogP contribution < -0.4 is 10.0 Å². The molecule has 0 aliphatic carbocycles. The lowest BCUT2D eigenvalue weighted by Crippen LogP contribution is -2.36. The lowest BCUT2D eigenvalue weighted by atomic mass is 10.4. The molecule has 0 spiro atoms. The Morgan fingerprint density at radius 3 is 2.75 bits per heavy atom. The minimum absolute atomic E-state index is 0.212. The highest BCUT2D eigenvalue weighted by Gasteiger charge is 2.32. The van der Waals surface area contributed by atoms with Gasteiger partial charge in [-0.1, -0.05) is 23.7 Å². The molecule has 1 amide bonds. The van der Waals surface area contributed by atoms with Crippen molar-refractivity contribution in [2.24, 2.45) is 0 Å². The fourth-order valence-corrected chi connectivity index (χ4v) is 3.48. The smallest absolute Gasteiger partial charge is 0.351 e. The van der Waals surface area contributed by atoms with Crippen LogP contribution in [0.3, 0.4) is 0 Å². The van der Waals surface area contributed by atoms with Gasteiger partial charge in [-0.3, -0.25) is 9.52 Å². The van der Waals surface area contributed by atoms with Gasteiger partial charge in [0.2, 0.25) is 0 Å². The zero-order chi connectivity index (χ0) is 17.7. The maximum absolute atomic E-state index is 12.4. The second kappa shape index (κ2) is 8.26. The number of hydrogen-bond acceptors (Lipinski definition) is 5. The van der Waals surface area contributed by atoms with Crippen molar-refractivity contribution in [3.8, 4) is 0 Å². The molecule has 0 radical (unpaired) electrons. The zero-order valence-corrected chi connectivity index (χ0v) is 15.0. The average Bonchev–Trinajstić information content (AvgIpc) is 2.94. The summed E-state index contributed by atoms with van der Waals surface area (Å²) < 4.78 is 39.7. The molecule has 1 atom stereocenters. The summed E-state index contributed by atoms with van der Waals surface area (Å²) in [7, 11) is 0. The van der Waals surface area contributed by atoms with E-state index in [1.807, 2.05) is 0 Å². The first kappa shape index (κ1) is 19.1. The van der Waals surface area contributed by atoms with Crippen molar-refractivity contribution < 1.29 is 18.0 Å². The molecule has 0 aromatic heterocycles. The van der Waals surface area contributed by atoms with E-state index in [0.29, 0.717) is 9.92 Å². The van der Waals surface area contributed by atoms with Crippen LogP contribution in [0.1, 0.15) is 6.42 Å². The van der Waals surface area contributed by atoms with E-state index in [4.69, 9.17) is 11.6 Å². The third-order valence-electron chi connectivity index (χ3n) is 3.09. The van der Waals surface area contributed by atoms with Gasteiger partial charge in [-0.25, -0.2) is 0 Å². The fraction of sp³-hybridized carbons (Fsp3) is 0.357. The minimum Gasteiger partial charge on any atom is -0.351 e. The highest BCUT2D eigenvalue weighted by atomic mass is 35.5. The number of nitrogens with zero attached hydrogens (tertiary/aromatic N) is 1. The third kappa shape index (κ3) is 5.42. The molecule has 4 nitrogen and oxygen atoms in total. The predicted molar refractivity (Wildman–Crippen MR) is 91.4 cm³/mol. The molecule has 132 valence electrons. The predicted octanol–water partition coefficient (Wildman–Crippen LogP) is 3.81. The summed E-state index contributed by atoms with van der Waals surface area (Å²) in [5.41, 5.74) is -0.186. The maximum Gasteiger partial charge on any atom is 0.390 e. The molecule has 2 rings (SSSR count). The molecule has 2 N–H and O–H groups in total. The van der Waals surface area contributed by atoms with Crippen molar-refractivity contribution in [3.05, 3.63) is 41.2 Å². The van der Waals surface area contributed by atoms with Crippen molar-refractivity contribution in [1.82, 2.24) is 14.9 Å². The van der Waals surface area contributed by atoms with Crippen LogP contribution in [0.15, 0.2) is 41.1 Å². The van der Waals surface area contributed by atoms with E-state index in [9.17, 15) is 18.0 Å². The number of hydrogen-bond donors (Lipinski definition) is 2. The van der Waals surface area contributed by atoms with Gasteiger partial charge < -0.3 is 10.2 Å². The first-order chi connectivity index (χ1) is 11.3. The highest BCUT2D eigenvalue weighted by molar-refractivity contribution is 7.99. The second-order valence-electron chi connectivity index (χ2n) is 4.84. The van der Waals surface area contributed by atoms with E-state index in [-0.39, 0.29) is 12.2 Å². The first-order valence-electron chi connectivity index (χ1n) is 6.85. The molecule has 1 unspecified atom stereocenters. The lowest BCUT2D eigenvalue weighted by Gasteiger charge is -2.24. The largest absolute Gasteiger partial charge is 0.390 e. The van der Waals surface area contributed by atoms with Crippen LogP contribution in [-0.2, 0) is 4.79 Å². The Labute approximate surface area is 151 Å². The zero-order valence-electron chi connectivity index (χ0n) is 12.6. The van der Waals surface area contributed by atoms with Gasteiger partial charge in [0.1, 0.15) is 11.2 Å². The third-order valence-corrected chi connectivity index (χ3v) is 5.23. The molecule has 0 saturated carbocycles. The number of rotatable bonds is 6. The van der Waals surface area contributed by atoms with Crippen molar-refractivity contribution in [2.45, 2.75) is 23.0 Å². The van der Waals surface area contributed by atoms with Crippen LogP contribution in [0.2, 0.25) is 5.02 Å². The number of nitrogens with one attached hydrogen (secondary N) is 2. The molecule has 0 saturated heterocycles. The maximum atomic E-state index is 12.4. The lowest BCUT2D eigenvalue weighted by molar-refractivity contribution is -0.136. The van der Waals surface area contributed by atoms with Gasteiger partial charge in [0.15, 0.2) is 0 Å². The van der Waals surface area contributed by atoms with E-state index >= 15 is 0 Å². The Bertz CT molecular complexity index is 628. The number of thioether (sulfide) groups is 1. The molecule has 1 aromatic carbocycles. The summed E-state index contributed by atoms with van der Waals surface area (Å²) >= 11 is 8.37. The molecule has 0 bridgehead atoms. The van der Waals surface area contributed by atoms with Gasteiger partial charge in [-0.15, -0.1) is 11.8 Å². The Kier molecular flexibility index (Phi) is 6.59. The van der Waals surface area contributed by atoms with E-state index < -0.39 is 24.0 Å². The summed E-state index contributed by atoms with van der Waals surface area (Å²) in [6.45, 7) is -0.212. The summed E-state index contributed by atoms with van der Waals surface area (Å²) in [6, 6.07) is 7.02. The van der Waals surface area contributed by atoms with Crippen molar-refractivity contribution >= 4 is 41.2 Å². The molecular formula is C14H15ClF3N3OS2. The van der Waals surface area contributed by atoms with E-state index in [2.05, 4.69) is 10.0 Å². The van der Waals surface area contributed by atoms with Gasteiger partial charge in [0.05, 0.1) is 11.4 Å². The van der Waals surface area contributed by atoms with Crippen LogP contribution in [0, 0.1) is 0 Å². The van der Waals surface area contributed by atoms with Gasteiger partial charge in [0, 0.05) is 17.6 Å². The molecule has 1 heterocycles. The molecule has 1 aromatic rings. The van der Waals surface area contributed by atoms with Crippen LogP contribution in [0.5, 0.6) is 0 Å². The van der Waals surface area contributed by atoms with Gasteiger partial charge in [-0.2, -0.15) is 13.2 Å². The normalized spacial score (nSPS) is 17.5. The topological polar surface area (TPSA) is 44.4 Å². The van der Waals surface area contributed by atoms with Crippen LogP contribution >= 0.6 is 35.3 Å². The van der Waals surface area contributed by atoms with E-state index in [1.165, 1.54) is 22.9 Å². The molecule has 0 fully saturated rings. The van der Waals surface area contributed by atoms with E-state index in [0.717, 1.165) is 11.9 Å². The second-order valence-corrected chi connectivity index (χ2v) is 7.02. The van der Waals surface area contributed by atoms with E-state index in [1.54, 1.807) is 30.5 Å². The standard InChI is InChI=1S/C14H15ClF3N3OS2/c1-23-13-19-10(8-21(13)7-6-14(16,17)18)12(22)20-24-11-5-3-2-4-9(11)15/h2-5,8,13,19H,6-7H2,1H3,(H,20,22). The number of carbonyl (C=O) groups excluding carboxylic acids is 1. The summed E-state index contributed by atoms with van der Waals surface area (Å²) in [4.78, 5) is 14.3. The summed E-state index contributed by atoms with van der Waals surface area (Å²) in [5, 5.41) is 3.41. The number of benzene rings is 1. The van der Waals surface area contributed by atoms with Crippen molar-refractivity contribution in [2.75, 3.05) is 12.8 Å². The van der Waals surface area contributed by atoms with Gasteiger partial charge >= 0.3 is 6.18 Å². The molecular weight excluding hydrogens is 383 g/mol. The van der Waals surface area contributed by atoms with Crippen LogP contribution in [-0.4, -0.2) is 35.3 Å². The molecule has 1 aliphatic rings. The molecule has 10 heteroatoms. The number of alkyl halides is 3. The van der Waals surface area contributed by atoms with Crippen LogP contribution in [0.4, 0.5) is 13.2 Å². The van der Waals surface area contributed by atoms with Crippen molar-refractivity contribution in [3.63, 3.8) is 0 Å². The number of halogens is 4. The number of carbonyl (C=O) groups is 1. The first-order valence-corrected chi connectivity index (χ1v) is 9.34. The van der Waals surface area contributed by atoms with Crippen LogP contribution in [0.25, 0.3) is 0 Å². The Hall–Kier alpha value is -1.19. The fourth-order valence-electron chi connectivity index (χ4n) is 1.93. The Balaban J connectivity index is 1.95. The SMILES string of the molecule is CSC1NC(C(=O)NSc2ccccc2Cl)=CN1CCC(F)(F)F. The van der Waals surface area contributed by atoms with Gasteiger partial charge in [0.25, 0.3) is 5.91 Å².